The highest BCUT2D eigenvalue weighted by Crippen LogP contribution is 2.30. The summed E-state index contributed by atoms with van der Waals surface area (Å²) in [6, 6.07) is 9.65. The molecule has 0 saturated carbocycles. The van der Waals surface area contributed by atoms with Gasteiger partial charge in [-0.2, -0.15) is 0 Å². The van der Waals surface area contributed by atoms with Crippen molar-refractivity contribution in [1.82, 2.24) is 0 Å². The molecule has 1 heterocycles. The Labute approximate surface area is 97.3 Å². The molecule has 0 aliphatic carbocycles. The Bertz CT molecular complexity index is 485. The summed E-state index contributed by atoms with van der Waals surface area (Å²) in [5.74, 6) is 0. The van der Waals surface area contributed by atoms with Crippen molar-refractivity contribution in [3.05, 3.63) is 45.8 Å². The molecular weight excluding hydrogens is 228 g/mol. The summed E-state index contributed by atoms with van der Waals surface area (Å²) >= 11 is 7.32. The molecule has 0 bridgehead atoms. The van der Waals surface area contributed by atoms with Crippen LogP contribution in [-0.4, -0.2) is 6.29 Å². The van der Waals surface area contributed by atoms with E-state index in [0.717, 1.165) is 32.2 Å². The number of rotatable bonds is 2. The van der Waals surface area contributed by atoms with Gasteiger partial charge in [-0.15, -0.1) is 11.3 Å². The maximum Gasteiger partial charge on any atom is 0.160 e. The van der Waals surface area contributed by atoms with Gasteiger partial charge in [-0.1, -0.05) is 23.7 Å². The van der Waals surface area contributed by atoms with Crippen LogP contribution in [0.2, 0.25) is 5.02 Å². The molecule has 0 atom stereocenters. The third kappa shape index (κ3) is 2.11. The molecule has 0 N–H and O–H groups in total. The minimum absolute atomic E-state index is 0.725. The van der Waals surface area contributed by atoms with Crippen LogP contribution in [0.3, 0.4) is 0 Å². The van der Waals surface area contributed by atoms with E-state index in [1.165, 1.54) is 11.3 Å². The molecule has 1 nitrogen and oxygen atoms in total. The zero-order valence-electron chi connectivity index (χ0n) is 8.16. The molecule has 2 aromatic rings. The number of hydrogen-bond donors (Lipinski definition) is 0. The van der Waals surface area contributed by atoms with Gasteiger partial charge in [-0.3, -0.25) is 4.79 Å². The van der Waals surface area contributed by atoms with E-state index in [1.807, 2.05) is 37.3 Å². The highest BCUT2D eigenvalue weighted by molar-refractivity contribution is 7.17. The van der Waals surface area contributed by atoms with Gasteiger partial charge in [0.1, 0.15) is 0 Å². The molecule has 0 aliphatic heterocycles. The number of carbonyl (C=O) groups is 1. The molecule has 0 aliphatic rings. The van der Waals surface area contributed by atoms with Gasteiger partial charge >= 0.3 is 0 Å². The lowest BCUT2D eigenvalue weighted by atomic mass is 10.1. The van der Waals surface area contributed by atoms with Crippen molar-refractivity contribution in [2.24, 2.45) is 0 Å². The Morgan fingerprint density at radius 3 is 2.47 bits per heavy atom. The largest absolute Gasteiger partial charge is 0.297 e. The van der Waals surface area contributed by atoms with Gasteiger partial charge in [0.25, 0.3) is 0 Å². The fourth-order valence-electron chi connectivity index (χ4n) is 1.37. The highest BCUT2D eigenvalue weighted by atomic mass is 35.5. The topological polar surface area (TPSA) is 17.1 Å². The first-order valence-corrected chi connectivity index (χ1v) is 5.71. The number of benzene rings is 1. The standard InChI is InChI=1S/C12H9ClOS/c1-8-6-11(15-12(8)7-14)9-2-4-10(13)5-3-9/h2-7H,1H3. The number of hydrogen-bond acceptors (Lipinski definition) is 2. The zero-order chi connectivity index (χ0) is 10.8. The van der Waals surface area contributed by atoms with Crippen LogP contribution in [0.25, 0.3) is 10.4 Å². The second-order valence-corrected chi connectivity index (χ2v) is 4.80. The number of carbonyl (C=O) groups excluding carboxylic acids is 1. The predicted molar refractivity (Wildman–Crippen MR) is 64.9 cm³/mol. The first kappa shape index (κ1) is 10.4. The molecule has 0 fully saturated rings. The average molecular weight is 237 g/mol. The lowest BCUT2D eigenvalue weighted by Crippen LogP contribution is -1.72. The number of halogens is 1. The second-order valence-electron chi connectivity index (χ2n) is 3.28. The van der Waals surface area contributed by atoms with Crippen LogP contribution in [-0.2, 0) is 0 Å². The number of aldehydes is 1. The third-order valence-corrected chi connectivity index (χ3v) is 3.66. The van der Waals surface area contributed by atoms with Gasteiger partial charge in [0.2, 0.25) is 0 Å². The summed E-state index contributed by atoms with van der Waals surface area (Å²) in [4.78, 5) is 12.6. The van der Waals surface area contributed by atoms with Gasteiger partial charge in [-0.25, -0.2) is 0 Å². The Kier molecular flexibility index (Phi) is 2.89. The van der Waals surface area contributed by atoms with Gasteiger partial charge in [0.15, 0.2) is 6.29 Å². The Morgan fingerprint density at radius 1 is 1.27 bits per heavy atom. The first-order valence-electron chi connectivity index (χ1n) is 4.52. The minimum atomic E-state index is 0.725. The van der Waals surface area contributed by atoms with Crippen LogP contribution < -0.4 is 0 Å². The molecule has 0 unspecified atom stereocenters. The summed E-state index contributed by atoms with van der Waals surface area (Å²) in [5.41, 5.74) is 2.13. The van der Waals surface area contributed by atoms with Gasteiger partial charge < -0.3 is 0 Å². The normalized spacial score (nSPS) is 10.3. The quantitative estimate of drug-likeness (QED) is 0.715. The number of thiophene rings is 1. The van der Waals surface area contributed by atoms with E-state index in [0.29, 0.717) is 0 Å². The molecule has 0 spiro atoms. The summed E-state index contributed by atoms with van der Waals surface area (Å²) in [5, 5.41) is 0.725. The Hall–Kier alpha value is -1.12. The third-order valence-electron chi connectivity index (χ3n) is 2.19. The Balaban J connectivity index is 2.45. The molecule has 1 aromatic carbocycles. The van der Waals surface area contributed by atoms with Gasteiger partial charge in [0, 0.05) is 9.90 Å². The van der Waals surface area contributed by atoms with E-state index in [1.54, 1.807) is 0 Å². The molecule has 15 heavy (non-hydrogen) atoms. The fraction of sp³-hybridized carbons (Fsp3) is 0.0833. The van der Waals surface area contributed by atoms with E-state index in [4.69, 9.17) is 11.6 Å². The van der Waals surface area contributed by atoms with Crippen LogP contribution in [0.5, 0.6) is 0 Å². The van der Waals surface area contributed by atoms with Crippen LogP contribution in [0, 0.1) is 6.92 Å². The first-order chi connectivity index (χ1) is 7.20. The second kappa shape index (κ2) is 4.17. The minimum Gasteiger partial charge on any atom is -0.297 e. The number of aryl methyl sites for hydroxylation is 1. The summed E-state index contributed by atoms with van der Waals surface area (Å²) in [7, 11) is 0. The molecule has 0 radical (unpaired) electrons. The summed E-state index contributed by atoms with van der Waals surface area (Å²) < 4.78 is 0. The van der Waals surface area contributed by atoms with Crippen LogP contribution in [0.15, 0.2) is 30.3 Å². The van der Waals surface area contributed by atoms with Crippen LogP contribution in [0.4, 0.5) is 0 Å². The molecule has 1 aromatic heterocycles. The van der Waals surface area contributed by atoms with Crippen LogP contribution >= 0.6 is 22.9 Å². The SMILES string of the molecule is Cc1cc(-c2ccc(Cl)cc2)sc1C=O. The van der Waals surface area contributed by atoms with E-state index in [9.17, 15) is 4.79 Å². The highest BCUT2D eigenvalue weighted by Gasteiger charge is 2.06. The smallest absolute Gasteiger partial charge is 0.160 e. The lowest BCUT2D eigenvalue weighted by molar-refractivity contribution is 0.112. The van der Waals surface area contributed by atoms with E-state index in [2.05, 4.69) is 0 Å². The zero-order valence-corrected chi connectivity index (χ0v) is 9.73. The van der Waals surface area contributed by atoms with E-state index >= 15 is 0 Å². The van der Waals surface area contributed by atoms with Crippen molar-refractivity contribution in [3.63, 3.8) is 0 Å². The molecular formula is C12H9ClOS. The fourth-order valence-corrected chi connectivity index (χ4v) is 2.49. The van der Waals surface area contributed by atoms with Crippen molar-refractivity contribution in [2.75, 3.05) is 0 Å². The Morgan fingerprint density at radius 2 is 1.93 bits per heavy atom. The van der Waals surface area contributed by atoms with E-state index < -0.39 is 0 Å². The molecule has 0 saturated heterocycles. The lowest BCUT2D eigenvalue weighted by Gasteiger charge is -1.96. The van der Waals surface area contributed by atoms with Gasteiger partial charge in [0.05, 0.1) is 4.88 Å². The average Bonchev–Trinajstić information content (AvgIpc) is 2.61. The maximum absolute atomic E-state index is 10.7. The van der Waals surface area contributed by atoms with Crippen molar-refractivity contribution in [2.45, 2.75) is 6.92 Å². The van der Waals surface area contributed by atoms with Crippen molar-refractivity contribution in [3.8, 4) is 10.4 Å². The summed E-state index contributed by atoms with van der Waals surface area (Å²) in [6.07, 6.45) is 0.902. The van der Waals surface area contributed by atoms with Crippen molar-refractivity contribution in [1.29, 1.82) is 0 Å². The molecule has 3 heteroatoms. The monoisotopic (exact) mass is 236 g/mol. The van der Waals surface area contributed by atoms with Crippen molar-refractivity contribution >= 4 is 29.2 Å². The molecule has 0 amide bonds. The van der Waals surface area contributed by atoms with Crippen LogP contribution in [0.1, 0.15) is 15.2 Å². The van der Waals surface area contributed by atoms with E-state index in [-0.39, 0.29) is 0 Å². The molecule has 76 valence electrons. The van der Waals surface area contributed by atoms with Crippen molar-refractivity contribution < 1.29 is 4.79 Å². The predicted octanol–water partition coefficient (Wildman–Crippen LogP) is 4.19. The van der Waals surface area contributed by atoms with Gasteiger partial charge in [-0.05, 0) is 36.2 Å². The summed E-state index contributed by atoms with van der Waals surface area (Å²) in [6.45, 7) is 1.94. The maximum atomic E-state index is 10.7. The molecule has 2 rings (SSSR count).